The minimum atomic E-state index is -0.211. The standard InChI is InChI=1S/C15H21NO3/c1-13(17)19-11-5-3-4-10-16-12-14-6-8-15(18-2)9-7-14/h6-9,12H,3-5,10-11H2,1-2H3. The van der Waals surface area contributed by atoms with Crippen molar-refractivity contribution in [3.63, 3.8) is 0 Å². The van der Waals surface area contributed by atoms with Crippen LogP contribution in [0.15, 0.2) is 29.3 Å². The number of hydrogen-bond donors (Lipinski definition) is 0. The Hall–Kier alpha value is -1.84. The molecule has 0 radical (unpaired) electrons. The van der Waals surface area contributed by atoms with Crippen molar-refractivity contribution in [2.75, 3.05) is 20.3 Å². The smallest absolute Gasteiger partial charge is 0.302 e. The number of carbonyl (C=O) groups is 1. The fraction of sp³-hybridized carbons (Fsp3) is 0.467. The van der Waals surface area contributed by atoms with Crippen LogP contribution in [-0.4, -0.2) is 32.4 Å². The molecule has 0 spiro atoms. The average Bonchev–Trinajstić information content (AvgIpc) is 2.42. The van der Waals surface area contributed by atoms with Gasteiger partial charge in [-0.15, -0.1) is 0 Å². The molecule has 1 aromatic carbocycles. The number of nitrogens with zero attached hydrogens (tertiary/aromatic N) is 1. The molecule has 0 aromatic heterocycles. The first-order valence-corrected chi connectivity index (χ1v) is 6.49. The third-order valence-corrected chi connectivity index (χ3v) is 2.59. The highest BCUT2D eigenvalue weighted by Crippen LogP contribution is 2.09. The summed E-state index contributed by atoms with van der Waals surface area (Å²) in [4.78, 5) is 14.9. The van der Waals surface area contributed by atoms with E-state index in [4.69, 9.17) is 9.47 Å². The second-order valence-electron chi connectivity index (χ2n) is 4.21. The number of esters is 1. The first-order valence-electron chi connectivity index (χ1n) is 6.49. The molecule has 4 heteroatoms. The van der Waals surface area contributed by atoms with Crippen LogP contribution < -0.4 is 4.74 Å². The lowest BCUT2D eigenvalue weighted by Crippen LogP contribution is -2.00. The van der Waals surface area contributed by atoms with E-state index in [-0.39, 0.29) is 5.97 Å². The lowest BCUT2D eigenvalue weighted by Gasteiger charge is -2.00. The minimum absolute atomic E-state index is 0.211. The van der Waals surface area contributed by atoms with E-state index in [9.17, 15) is 4.79 Å². The van der Waals surface area contributed by atoms with Crippen molar-refractivity contribution < 1.29 is 14.3 Å². The Morgan fingerprint density at radius 3 is 2.58 bits per heavy atom. The van der Waals surface area contributed by atoms with Crippen molar-refractivity contribution in [3.8, 4) is 5.75 Å². The Morgan fingerprint density at radius 2 is 1.95 bits per heavy atom. The normalized spacial score (nSPS) is 10.6. The van der Waals surface area contributed by atoms with Gasteiger partial charge in [-0.2, -0.15) is 0 Å². The number of hydrogen-bond acceptors (Lipinski definition) is 4. The van der Waals surface area contributed by atoms with Crippen LogP contribution in [-0.2, 0) is 9.53 Å². The highest BCUT2D eigenvalue weighted by Gasteiger charge is 1.93. The fourth-order valence-electron chi connectivity index (χ4n) is 1.56. The molecule has 1 aromatic rings. The Kier molecular flexibility index (Phi) is 7.32. The molecule has 1 rings (SSSR count). The van der Waals surface area contributed by atoms with E-state index < -0.39 is 0 Å². The molecule has 0 fully saturated rings. The molecule has 0 aliphatic carbocycles. The van der Waals surface area contributed by atoms with Gasteiger partial charge in [0.25, 0.3) is 0 Å². The third kappa shape index (κ3) is 7.24. The van der Waals surface area contributed by atoms with Crippen molar-refractivity contribution in [1.82, 2.24) is 0 Å². The van der Waals surface area contributed by atoms with E-state index in [0.29, 0.717) is 6.61 Å². The molecule has 0 saturated carbocycles. The summed E-state index contributed by atoms with van der Waals surface area (Å²) in [5.74, 6) is 0.639. The predicted molar refractivity (Wildman–Crippen MR) is 75.9 cm³/mol. The first kappa shape index (κ1) is 15.2. The van der Waals surface area contributed by atoms with Crippen LogP contribution in [0.4, 0.5) is 0 Å². The van der Waals surface area contributed by atoms with Crippen LogP contribution in [0.2, 0.25) is 0 Å². The number of benzene rings is 1. The summed E-state index contributed by atoms with van der Waals surface area (Å²) in [5, 5.41) is 0. The zero-order chi connectivity index (χ0) is 13.9. The van der Waals surface area contributed by atoms with E-state index in [0.717, 1.165) is 37.1 Å². The van der Waals surface area contributed by atoms with Crippen LogP contribution in [0.5, 0.6) is 5.75 Å². The Labute approximate surface area is 114 Å². The maximum atomic E-state index is 10.5. The van der Waals surface area contributed by atoms with Crippen LogP contribution in [0.3, 0.4) is 0 Å². The van der Waals surface area contributed by atoms with E-state index in [1.165, 1.54) is 6.92 Å². The van der Waals surface area contributed by atoms with Crippen molar-refractivity contribution >= 4 is 12.2 Å². The van der Waals surface area contributed by atoms with Gasteiger partial charge in [0, 0.05) is 19.7 Å². The highest BCUT2D eigenvalue weighted by molar-refractivity contribution is 5.79. The zero-order valence-corrected chi connectivity index (χ0v) is 11.6. The van der Waals surface area contributed by atoms with Crippen molar-refractivity contribution in [3.05, 3.63) is 29.8 Å². The SMILES string of the molecule is COc1ccc(C=NCCCCCOC(C)=O)cc1. The summed E-state index contributed by atoms with van der Waals surface area (Å²) in [6, 6.07) is 7.78. The van der Waals surface area contributed by atoms with Gasteiger partial charge in [0.15, 0.2) is 0 Å². The molecule has 0 N–H and O–H groups in total. The van der Waals surface area contributed by atoms with E-state index in [2.05, 4.69) is 4.99 Å². The molecule has 0 bridgehead atoms. The lowest BCUT2D eigenvalue weighted by atomic mass is 10.2. The van der Waals surface area contributed by atoms with Crippen molar-refractivity contribution in [2.45, 2.75) is 26.2 Å². The quantitative estimate of drug-likeness (QED) is 0.411. The second kappa shape index (κ2) is 9.14. The Morgan fingerprint density at radius 1 is 1.21 bits per heavy atom. The number of rotatable bonds is 8. The first-order chi connectivity index (χ1) is 9.22. The largest absolute Gasteiger partial charge is 0.497 e. The molecule has 0 saturated heterocycles. The molecule has 0 unspecified atom stereocenters. The number of carbonyl (C=O) groups excluding carboxylic acids is 1. The summed E-state index contributed by atoms with van der Waals surface area (Å²) in [6.45, 7) is 2.74. The molecule has 19 heavy (non-hydrogen) atoms. The average molecular weight is 263 g/mol. The fourth-order valence-corrected chi connectivity index (χ4v) is 1.56. The Bertz CT molecular complexity index is 398. The molecule has 0 aliphatic rings. The molecule has 0 amide bonds. The number of methoxy groups -OCH3 is 1. The summed E-state index contributed by atoms with van der Waals surface area (Å²) in [6.07, 6.45) is 4.80. The molecule has 104 valence electrons. The molecular formula is C15H21NO3. The van der Waals surface area contributed by atoms with Gasteiger partial charge >= 0.3 is 5.97 Å². The van der Waals surface area contributed by atoms with Gasteiger partial charge in [-0.25, -0.2) is 0 Å². The molecule has 0 aliphatic heterocycles. The predicted octanol–water partition coefficient (Wildman–Crippen LogP) is 2.85. The van der Waals surface area contributed by atoms with Crippen LogP contribution in [0.1, 0.15) is 31.7 Å². The van der Waals surface area contributed by atoms with E-state index in [1.54, 1.807) is 7.11 Å². The topological polar surface area (TPSA) is 47.9 Å². The second-order valence-corrected chi connectivity index (χ2v) is 4.21. The van der Waals surface area contributed by atoms with Gasteiger partial charge in [0.05, 0.1) is 13.7 Å². The Balaban J connectivity index is 2.11. The summed E-state index contributed by atoms with van der Waals surface area (Å²) < 4.78 is 9.94. The molecule has 0 atom stereocenters. The van der Waals surface area contributed by atoms with Crippen molar-refractivity contribution in [2.24, 2.45) is 4.99 Å². The van der Waals surface area contributed by atoms with Gasteiger partial charge in [0.1, 0.15) is 5.75 Å². The summed E-state index contributed by atoms with van der Waals surface area (Å²) in [5.41, 5.74) is 1.07. The number of ether oxygens (including phenoxy) is 2. The van der Waals surface area contributed by atoms with E-state index >= 15 is 0 Å². The van der Waals surface area contributed by atoms with Crippen LogP contribution >= 0.6 is 0 Å². The number of aliphatic imine (C=N–C) groups is 1. The molecule has 0 heterocycles. The molecular weight excluding hydrogens is 242 g/mol. The summed E-state index contributed by atoms with van der Waals surface area (Å²) in [7, 11) is 1.65. The van der Waals surface area contributed by atoms with Gasteiger partial charge in [-0.3, -0.25) is 9.79 Å². The third-order valence-electron chi connectivity index (χ3n) is 2.59. The van der Waals surface area contributed by atoms with E-state index in [1.807, 2.05) is 30.5 Å². The van der Waals surface area contributed by atoms with Gasteiger partial charge in [-0.05, 0) is 49.1 Å². The van der Waals surface area contributed by atoms with Crippen molar-refractivity contribution in [1.29, 1.82) is 0 Å². The van der Waals surface area contributed by atoms with Gasteiger partial charge < -0.3 is 9.47 Å². The minimum Gasteiger partial charge on any atom is -0.497 e. The van der Waals surface area contributed by atoms with Crippen LogP contribution in [0, 0.1) is 0 Å². The number of unbranched alkanes of at least 4 members (excludes halogenated alkanes) is 2. The molecule has 4 nitrogen and oxygen atoms in total. The highest BCUT2D eigenvalue weighted by atomic mass is 16.5. The maximum absolute atomic E-state index is 10.5. The van der Waals surface area contributed by atoms with Gasteiger partial charge in [-0.1, -0.05) is 0 Å². The van der Waals surface area contributed by atoms with Gasteiger partial charge in [0.2, 0.25) is 0 Å². The van der Waals surface area contributed by atoms with Crippen LogP contribution in [0.25, 0.3) is 0 Å². The lowest BCUT2D eigenvalue weighted by molar-refractivity contribution is -0.141. The monoisotopic (exact) mass is 263 g/mol. The zero-order valence-electron chi connectivity index (χ0n) is 11.6. The maximum Gasteiger partial charge on any atom is 0.302 e. The summed E-state index contributed by atoms with van der Waals surface area (Å²) >= 11 is 0.